The van der Waals surface area contributed by atoms with Crippen LogP contribution in [0.25, 0.3) is 0 Å². The highest BCUT2D eigenvalue weighted by Gasteiger charge is 2.30. The van der Waals surface area contributed by atoms with Gasteiger partial charge in [0.2, 0.25) is 5.91 Å². The summed E-state index contributed by atoms with van der Waals surface area (Å²) in [5.74, 6) is 0.231. The van der Waals surface area contributed by atoms with E-state index >= 15 is 0 Å². The summed E-state index contributed by atoms with van der Waals surface area (Å²) in [6.07, 6.45) is 4.21. The Kier molecular flexibility index (Phi) is 3.76. The first-order valence-electron chi connectivity index (χ1n) is 7.40. The van der Waals surface area contributed by atoms with Gasteiger partial charge in [-0.05, 0) is 37.3 Å². The number of pyridine rings is 1. The Morgan fingerprint density at radius 3 is 3.05 bits per heavy atom. The molecule has 0 aromatic carbocycles. The van der Waals surface area contributed by atoms with E-state index in [2.05, 4.69) is 11.4 Å². The highest BCUT2D eigenvalue weighted by atomic mass is 16.1. The molecule has 1 aromatic heterocycles. The molecule has 3 N–H and O–H groups in total. The van der Waals surface area contributed by atoms with Crippen molar-refractivity contribution in [2.24, 2.45) is 5.73 Å². The van der Waals surface area contributed by atoms with Crippen molar-refractivity contribution >= 4 is 11.7 Å². The number of carbonyl (C=O) groups excluding carboxylic acids is 1. The van der Waals surface area contributed by atoms with Crippen molar-refractivity contribution in [2.45, 2.75) is 31.7 Å². The van der Waals surface area contributed by atoms with E-state index in [1.165, 1.54) is 5.56 Å². The molecule has 6 heteroatoms. The Morgan fingerprint density at radius 2 is 2.29 bits per heavy atom. The minimum Gasteiger partial charge on any atom is -0.368 e. The molecule has 2 heterocycles. The normalized spacial score (nSPS) is 21.5. The van der Waals surface area contributed by atoms with E-state index in [0.717, 1.165) is 37.9 Å². The lowest BCUT2D eigenvalue weighted by molar-refractivity contribution is -0.119. The van der Waals surface area contributed by atoms with E-state index in [-0.39, 0.29) is 5.91 Å². The first kappa shape index (κ1) is 13.8. The van der Waals surface area contributed by atoms with Crippen molar-refractivity contribution in [1.29, 1.82) is 5.26 Å². The zero-order valence-electron chi connectivity index (χ0n) is 11.9. The highest BCUT2D eigenvalue weighted by molar-refractivity contribution is 5.84. The van der Waals surface area contributed by atoms with Crippen LogP contribution in [0.3, 0.4) is 0 Å². The molecule has 1 aromatic rings. The van der Waals surface area contributed by atoms with Gasteiger partial charge >= 0.3 is 0 Å². The maximum absolute atomic E-state index is 11.7. The summed E-state index contributed by atoms with van der Waals surface area (Å²) >= 11 is 0. The SMILES string of the molecule is N#Cc1cc2c(nc1N1CCNCC1C(N)=O)CCCC2. The van der Waals surface area contributed by atoms with E-state index in [0.29, 0.717) is 24.5 Å². The molecular weight excluding hydrogens is 266 g/mol. The lowest BCUT2D eigenvalue weighted by Crippen LogP contribution is -2.57. The Hall–Kier alpha value is -2.13. The number of rotatable bonds is 2. The summed E-state index contributed by atoms with van der Waals surface area (Å²) in [4.78, 5) is 18.2. The predicted octanol–water partition coefficient (Wildman–Crippen LogP) is 0.0956. The summed E-state index contributed by atoms with van der Waals surface area (Å²) in [5.41, 5.74) is 8.28. The third-order valence-electron chi connectivity index (χ3n) is 4.25. The monoisotopic (exact) mass is 285 g/mol. The van der Waals surface area contributed by atoms with Crippen molar-refractivity contribution in [3.05, 3.63) is 22.9 Å². The number of carbonyl (C=O) groups is 1. The van der Waals surface area contributed by atoms with Crippen LogP contribution in [0.4, 0.5) is 5.82 Å². The summed E-state index contributed by atoms with van der Waals surface area (Å²) in [7, 11) is 0. The summed E-state index contributed by atoms with van der Waals surface area (Å²) < 4.78 is 0. The zero-order chi connectivity index (χ0) is 14.8. The van der Waals surface area contributed by atoms with E-state index in [1.54, 1.807) is 0 Å². The van der Waals surface area contributed by atoms with Crippen LogP contribution >= 0.6 is 0 Å². The van der Waals surface area contributed by atoms with Gasteiger partial charge in [-0.15, -0.1) is 0 Å². The second kappa shape index (κ2) is 5.70. The molecule has 1 amide bonds. The standard InChI is InChI=1S/C15H19N5O/c16-8-11-7-10-3-1-2-4-12(10)19-15(11)20-6-5-18-9-13(20)14(17)21/h7,13,18H,1-6,9H2,(H2,17,21). The first-order valence-corrected chi connectivity index (χ1v) is 7.40. The smallest absolute Gasteiger partial charge is 0.241 e. The summed E-state index contributed by atoms with van der Waals surface area (Å²) in [6, 6.07) is 3.72. The maximum atomic E-state index is 11.7. The first-order chi connectivity index (χ1) is 10.2. The van der Waals surface area contributed by atoms with Gasteiger partial charge in [-0.2, -0.15) is 5.26 Å². The van der Waals surface area contributed by atoms with Crippen LogP contribution in [0, 0.1) is 11.3 Å². The molecule has 1 unspecified atom stereocenters. The van der Waals surface area contributed by atoms with E-state index in [4.69, 9.17) is 10.7 Å². The lowest BCUT2D eigenvalue weighted by atomic mass is 9.94. The molecule has 0 saturated carbocycles. The number of aryl methyl sites for hydroxylation is 2. The van der Waals surface area contributed by atoms with Crippen LogP contribution in [0.1, 0.15) is 29.7 Å². The topological polar surface area (TPSA) is 95.0 Å². The van der Waals surface area contributed by atoms with E-state index in [9.17, 15) is 10.1 Å². The Labute approximate surface area is 123 Å². The van der Waals surface area contributed by atoms with E-state index in [1.807, 2.05) is 11.0 Å². The highest BCUT2D eigenvalue weighted by Crippen LogP contribution is 2.27. The Morgan fingerprint density at radius 1 is 1.48 bits per heavy atom. The van der Waals surface area contributed by atoms with Gasteiger partial charge in [0.05, 0.1) is 5.56 Å². The number of nitriles is 1. The zero-order valence-corrected chi connectivity index (χ0v) is 11.9. The molecule has 1 aliphatic heterocycles. The van der Waals surface area contributed by atoms with Crippen molar-refractivity contribution in [3.63, 3.8) is 0 Å². The molecular formula is C15H19N5O. The van der Waals surface area contributed by atoms with E-state index < -0.39 is 6.04 Å². The Bertz CT molecular complexity index is 607. The number of piperazine rings is 1. The number of hydrogen-bond donors (Lipinski definition) is 2. The van der Waals surface area contributed by atoms with Crippen molar-refractivity contribution < 1.29 is 4.79 Å². The molecule has 6 nitrogen and oxygen atoms in total. The molecule has 21 heavy (non-hydrogen) atoms. The fraction of sp³-hybridized carbons (Fsp3) is 0.533. The number of amides is 1. The fourth-order valence-electron chi connectivity index (χ4n) is 3.14. The molecule has 0 radical (unpaired) electrons. The molecule has 1 atom stereocenters. The van der Waals surface area contributed by atoms with Crippen LogP contribution < -0.4 is 16.0 Å². The van der Waals surface area contributed by atoms with Crippen molar-refractivity contribution in [1.82, 2.24) is 10.3 Å². The molecule has 1 saturated heterocycles. The van der Waals surface area contributed by atoms with Crippen LogP contribution in [0.15, 0.2) is 6.07 Å². The van der Waals surface area contributed by atoms with Gasteiger partial charge in [0, 0.05) is 25.3 Å². The number of nitrogens with zero attached hydrogens (tertiary/aromatic N) is 3. The van der Waals surface area contributed by atoms with Crippen molar-refractivity contribution in [2.75, 3.05) is 24.5 Å². The van der Waals surface area contributed by atoms with Crippen LogP contribution in [-0.2, 0) is 17.6 Å². The molecule has 110 valence electrons. The third kappa shape index (κ3) is 2.57. The predicted molar refractivity (Wildman–Crippen MR) is 78.8 cm³/mol. The average Bonchev–Trinajstić information content (AvgIpc) is 2.53. The van der Waals surface area contributed by atoms with Crippen LogP contribution in [-0.4, -0.2) is 36.6 Å². The quantitative estimate of drug-likeness (QED) is 0.803. The maximum Gasteiger partial charge on any atom is 0.241 e. The summed E-state index contributed by atoms with van der Waals surface area (Å²) in [5, 5.41) is 12.6. The largest absolute Gasteiger partial charge is 0.368 e. The van der Waals surface area contributed by atoms with Gasteiger partial charge in [-0.1, -0.05) is 0 Å². The van der Waals surface area contributed by atoms with Crippen LogP contribution in [0.2, 0.25) is 0 Å². The molecule has 0 spiro atoms. The number of hydrogen-bond acceptors (Lipinski definition) is 5. The number of primary amides is 1. The van der Waals surface area contributed by atoms with Gasteiger partial charge in [0.25, 0.3) is 0 Å². The van der Waals surface area contributed by atoms with Gasteiger partial charge in [0.15, 0.2) is 0 Å². The molecule has 3 rings (SSSR count). The number of anilines is 1. The van der Waals surface area contributed by atoms with Crippen LogP contribution in [0.5, 0.6) is 0 Å². The Balaban J connectivity index is 2.03. The minimum atomic E-state index is -0.444. The van der Waals surface area contributed by atoms with Gasteiger partial charge < -0.3 is 16.0 Å². The number of fused-ring (bicyclic) bond motifs is 1. The molecule has 1 fully saturated rings. The minimum absolute atomic E-state index is 0.384. The molecule has 2 aliphatic rings. The van der Waals surface area contributed by atoms with Gasteiger partial charge in [-0.3, -0.25) is 4.79 Å². The number of nitrogens with one attached hydrogen (secondary N) is 1. The average molecular weight is 285 g/mol. The van der Waals surface area contributed by atoms with Crippen molar-refractivity contribution in [3.8, 4) is 6.07 Å². The molecule has 1 aliphatic carbocycles. The second-order valence-electron chi connectivity index (χ2n) is 5.60. The number of nitrogens with two attached hydrogens (primary N) is 1. The third-order valence-corrected chi connectivity index (χ3v) is 4.25. The fourth-order valence-corrected chi connectivity index (χ4v) is 3.14. The number of aromatic nitrogens is 1. The summed E-state index contributed by atoms with van der Waals surface area (Å²) in [6.45, 7) is 1.89. The lowest BCUT2D eigenvalue weighted by Gasteiger charge is -2.36. The second-order valence-corrected chi connectivity index (χ2v) is 5.60. The molecule has 0 bridgehead atoms. The van der Waals surface area contributed by atoms with Gasteiger partial charge in [-0.25, -0.2) is 4.98 Å². The van der Waals surface area contributed by atoms with Gasteiger partial charge in [0.1, 0.15) is 17.9 Å².